The number of likely N-dealkylation sites (N-methyl/N-ethyl adjacent to an activating group) is 1. The summed E-state index contributed by atoms with van der Waals surface area (Å²) in [6.07, 6.45) is 0. The maximum Gasteiger partial charge on any atom is 0.287 e. The van der Waals surface area contributed by atoms with Crippen LogP contribution in [-0.4, -0.2) is 18.9 Å². The number of hydrogen-bond donors (Lipinski definition) is 2. The van der Waals surface area contributed by atoms with Crippen LogP contribution in [0.3, 0.4) is 0 Å². The van der Waals surface area contributed by atoms with Gasteiger partial charge in [-0.05, 0) is 41.4 Å². The summed E-state index contributed by atoms with van der Waals surface area (Å²) in [5.74, 6) is -3.60. The highest BCUT2D eigenvalue weighted by molar-refractivity contribution is 6.29. The van der Waals surface area contributed by atoms with Crippen molar-refractivity contribution in [1.82, 2.24) is 10.6 Å². The highest BCUT2D eigenvalue weighted by atomic mass is 35.5. The first-order valence-corrected chi connectivity index (χ1v) is 6.53. The van der Waals surface area contributed by atoms with Crippen molar-refractivity contribution in [3.8, 4) is 0 Å². The predicted molar refractivity (Wildman–Crippen MR) is 74.3 cm³/mol. The molecule has 1 atom stereocenters. The van der Waals surface area contributed by atoms with Gasteiger partial charge in [-0.15, -0.1) is 0 Å². The fraction of sp³-hybridized carbons (Fsp3) is 0.143. The smallest absolute Gasteiger partial charge is 0.287 e. The lowest BCUT2D eigenvalue weighted by Gasteiger charge is -2.17. The summed E-state index contributed by atoms with van der Waals surface area (Å²) in [7, 11) is 1.35. The second kappa shape index (κ2) is 6.57. The summed E-state index contributed by atoms with van der Waals surface area (Å²) >= 11 is 5.57. The van der Waals surface area contributed by atoms with Gasteiger partial charge in [0.2, 0.25) is 5.91 Å². The number of nitrogens with one attached hydrogen (secondary N) is 2. The van der Waals surface area contributed by atoms with Gasteiger partial charge < -0.3 is 15.1 Å². The quantitative estimate of drug-likeness (QED) is 0.905. The van der Waals surface area contributed by atoms with Crippen molar-refractivity contribution >= 4 is 23.4 Å². The van der Waals surface area contributed by atoms with E-state index in [9.17, 15) is 18.4 Å². The van der Waals surface area contributed by atoms with Crippen LogP contribution in [0.15, 0.2) is 34.7 Å². The molecule has 1 aromatic carbocycles. The molecule has 0 saturated heterocycles. The number of carbonyl (C=O) groups excluding carboxylic acids is 2. The van der Waals surface area contributed by atoms with Gasteiger partial charge in [-0.2, -0.15) is 0 Å². The number of rotatable bonds is 4. The van der Waals surface area contributed by atoms with Crippen molar-refractivity contribution in [1.29, 1.82) is 0 Å². The molecule has 2 aromatic rings. The van der Waals surface area contributed by atoms with Crippen molar-refractivity contribution in [2.75, 3.05) is 7.05 Å². The summed E-state index contributed by atoms with van der Waals surface area (Å²) in [4.78, 5) is 23.9. The molecule has 1 heterocycles. The fourth-order valence-corrected chi connectivity index (χ4v) is 1.92. The van der Waals surface area contributed by atoms with Crippen molar-refractivity contribution in [2.45, 2.75) is 6.04 Å². The number of amides is 2. The fourth-order valence-electron chi connectivity index (χ4n) is 1.78. The third kappa shape index (κ3) is 3.43. The lowest BCUT2D eigenvalue weighted by Crippen LogP contribution is -2.39. The van der Waals surface area contributed by atoms with Gasteiger partial charge in [-0.25, -0.2) is 8.78 Å². The summed E-state index contributed by atoms with van der Waals surface area (Å²) < 4.78 is 31.2. The zero-order valence-electron chi connectivity index (χ0n) is 11.3. The molecule has 0 fully saturated rings. The number of benzene rings is 1. The Morgan fingerprint density at radius 2 is 1.91 bits per heavy atom. The third-order valence-corrected chi connectivity index (χ3v) is 3.06. The Bertz CT molecular complexity index is 718. The molecular weight excluding hydrogens is 318 g/mol. The van der Waals surface area contributed by atoms with Gasteiger partial charge in [0, 0.05) is 7.05 Å². The first kappa shape index (κ1) is 16.0. The normalized spacial score (nSPS) is 11.8. The van der Waals surface area contributed by atoms with Crippen molar-refractivity contribution in [2.24, 2.45) is 0 Å². The minimum Gasteiger partial charge on any atom is -0.440 e. The Labute approximate surface area is 129 Å². The number of halogens is 3. The van der Waals surface area contributed by atoms with E-state index < -0.39 is 29.5 Å². The van der Waals surface area contributed by atoms with Crippen LogP contribution < -0.4 is 10.6 Å². The molecule has 0 radical (unpaired) electrons. The minimum absolute atomic E-state index is 0.00877. The van der Waals surface area contributed by atoms with E-state index in [-0.39, 0.29) is 16.5 Å². The Morgan fingerprint density at radius 3 is 2.45 bits per heavy atom. The Morgan fingerprint density at radius 1 is 1.18 bits per heavy atom. The SMILES string of the molecule is CNC(=O)C(NC(=O)c1ccc(Cl)o1)c1ccc(F)c(F)c1. The zero-order valence-corrected chi connectivity index (χ0v) is 12.1. The molecule has 0 saturated carbocycles. The summed E-state index contributed by atoms with van der Waals surface area (Å²) in [6, 6.07) is 4.39. The zero-order chi connectivity index (χ0) is 16.3. The van der Waals surface area contributed by atoms with E-state index in [0.29, 0.717) is 0 Å². The third-order valence-electron chi connectivity index (χ3n) is 2.86. The minimum atomic E-state index is -1.21. The second-order valence-corrected chi connectivity index (χ2v) is 4.67. The van der Waals surface area contributed by atoms with Crippen LogP contribution in [0, 0.1) is 11.6 Å². The van der Waals surface area contributed by atoms with Crippen LogP contribution >= 0.6 is 11.6 Å². The lowest BCUT2D eigenvalue weighted by atomic mass is 10.1. The van der Waals surface area contributed by atoms with Gasteiger partial charge in [-0.3, -0.25) is 9.59 Å². The monoisotopic (exact) mass is 328 g/mol. The van der Waals surface area contributed by atoms with E-state index in [0.717, 1.165) is 12.1 Å². The van der Waals surface area contributed by atoms with Crippen LogP contribution in [0.4, 0.5) is 8.78 Å². The molecule has 0 aliphatic rings. The molecule has 0 aliphatic heterocycles. The highest BCUT2D eigenvalue weighted by Crippen LogP contribution is 2.19. The van der Waals surface area contributed by atoms with E-state index >= 15 is 0 Å². The summed E-state index contributed by atoms with van der Waals surface area (Å²) in [5.41, 5.74) is 0.0873. The molecular formula is C14H11ClF2N2O3. The van der Waals surface area contributed by atoms with Gasteiger partial charge in [0.25, 0.3) is 5.91 Å². The molecule has 2 rings (SSSR count). The molecule has 8 heteroatoms. The van der Waals surface area contributed by atoms with Gasteiger partial charge in [0.15, 0.2) is 22.6 Å². The van der Waals surface area contributed by atoms with Crippen LogP contribution in [0.25, 0.3) is 0 Å². The molecule has 0 spiro atoms. The van der Waals surface area contributed by atoms with E-state index in [4.69, 9.17) is 16.0 Å². The second-order valence-electron chi connectivity index (χ2n) is 4.30. The predicted octanol–water partition coefficient (Wildman–Crippen LogP) is 2.43. The Balaban J connectivity index is 2.28. The van der Waals surface area contributed by atoms with E-state index in [1.165, 1.54) is 25.2 Å². The van der Waals surface area contributed by atoms with Crippen molar-refractivity contribution in [3.05, 3.63) is 58.5 Å². The van der Waals surface area contributed by atoms with E-state index in [2.05, 4.69) is 10.6 Å². The van der Waals surface area contributed by atoms with Crippen LogP contribution in [0.5, 0.6) is 0 Å². The standard InChI is InChI=1S/C14H11ClF2N2O3/c1-18-14(21)12(7-2-3-8(16)9(17)6-7)19-13(20)10-4-5-11(15)22-10/h2-6,12H,1H3,(H,18,21)(H,19,20). The lowest BCUT2D eigenvalue weighted by molar-refractivity contribution is -0.122. The molecule has 116 valence electrons. The number of hydrogen-bond acceptors (Lipinski definition) is 3. The van der Waals surface area contributed by atoms with E-state index in [1.807, 2.05) is 0 Å². The molecule has 1 aromatic heterocycles. The largest absolute Gasteiger partial charge is 0.440 e. The molecule has 1 unspecified atom stereocenters. The average Bonchev–Trinajstić information content (AvgIpc) is 2.93. The maximum atomic E-state index is 13.3. The van der Waals surface area contributed by atoms with Crippen molar-refractivity contribution < 1.29 is 22.8 Å². The Hall–Kier alpha value is -2.41. The van der Waals surface area contributed by atoms with Crippen LogP contribution in [-0.2, 0) is 4.79 Å². The summed E-state index contributed by atoms with van der Waals surface area (Å²) in [5, 5.41) is 4.71. The first-order valence-electron chi connectivity index (χ1n) is 6.15. The van der Waals surface area contributed by atoms with Crippen LogP contribution in [0.2, 0.25) is 5.22 Å². The molecule has 2 amide bonds. The topological polar surface area (TPSA) is 71.3 Å². The molecule has 0 aliphatic carbocycles. The van der Waals surface area contributed by atoms with Gasteiger partial charge in [0.1, 0.15) is 6.04 Å². The molecule has 2 N–H and O–H groups in total. The average molecular weight is 329 g/mol. The number of furan rings is 1. The summed E-state index contributed by atoms with van der Waals surface area (Å²) in [6.45, 7) is 0. The number of carbonyl (C=O) groups is 2. The van der Waals surface area contributed by atoms with Crippen molar-refractivity contribution in [3.63, 3.8) is 0 Å². The first-order chi connectivity index (χ1) is 10.4. The molecule has 5 nitrogen and oxygen atoms in total. The van der Waals surface area contributed by atoms with Gasteiger partial charge >= 0.3 is 0 Å². The van der Waals surface area contributed by atoms with E-state index in [1.54, 1.807) is 0 Å². The maximum absolute atomic E-state index is 13.3. The van der Waals surface area contributed by atoms with Crippen LogP contribution in [0.1, 0.15) is 22.2 Å². The highest BCUT2D eigenvalue weighted by Gasteiger charge is 2.24. The molecule has 0 bridgehead atoms. The van der Waals surface area contributed by atoms with Gasteiger partial charge in [0.05, 0.1) is 0 Å². The van der Waals surface area contributed by atoms with Gasteiger partial charge in [-0.1, -0.05) is 6.07 Å². The molecule has 22 heavy (non-hydrogen) atoms. The Kier molecular flexibility index (Phi) is 4.77.